The van der Waals surface area contributed by atoms with Crippen molar-refractivity contribution >= 4 is 23.6 Å². The van der Waals surface area contributed by atoms with Gasteiger partial charge in [0.2, 0.25) is 5.91 Å². The summed E-state index contributed by atoms with van der Waals surface area (Å²) >= 11 is 0. The first-order valence-electron chi connectivity index (χ1n) is 7.12. The van der Waals surface area contributed by atoms with Gasteiger partial charge in [0.15, 0.2) is 11.5 Å². The molecular weight excluding hydrogens is 310 g/mol. The summed E-state index contributed by atoms with van der Waals surface area (Å²) in [5.41, 5.74) is 1.30. The molecule has 6 heteroatoms. The van der Waals surface area contributed by atoms with Crippen LogP contribution >= 0.6 is 0 Å². The van der Waals surface area contributed by atoms with E-state index in [1.54, 1.807) is 42.5 Å². The Morgan fingerprint density at radius 2 is 1.83 bits per heavy atom. The smallest absolute Gasteiger partial charge is 0.336 e. The van der Waals surface area contributed by atoms with Gasteiger partial charge in [-0.3, -0.25) is 4.79 Å². The van der Waals surface area contributed by atoms with E-state index in [1.165, 1.54) is 26.2 Å². The Labute approximate surface area is 139 Å². The van der Waals surface area contributed by atoms with Gasteiger partial charge in [-0.15, -0.1) is 0 Å². The SMILES string of the molecule is COc1cc(C=CC(=O)Oc2ccc(NC(C)=O)cc2)ccc1O. The highest BCUT2D eigenvalue weighted by Crippen LogP contribution is 2.26. The molecule has 0 unspecified atom stereocenters. The number of hydrogen-bond donors (Lipinski definition) is 2. The average molecular weight is 327 g/mol. The second-order valence-corrected chi connectivity index (χ2v) is 4.89. The maximum atomic E-state index is 11.8. The highest BCUT2D eigenvalue weighted by molar-refractivity contribution is 5.90. The molecule has 0 heterocycles. The molecule has 0 fully saturated rings. The zero-order chi connectivity index (χ0) is 17.5. The molecule has 1 amide bonds. The largest absolute Gasteiger partial charge is 0.504 e. The minimum absolute atomic E-state index is 0.0245. The van der Waals surface area contributed by atoms with Crippen LogP contribution in [0.3, 0.4) is 0 Å². The van der Waals surface area contributed by atoms with Crippen LogP contribution in [0.1, 0.15) is 12.5 Å². The number of benzene rings is 2. The van der Waals surface area contributed by atoms with Crippen LogP contribution in [-0.2, 0) is 9.59 Å². The van der Waals surface area contributed by atoms with E-state index >= 15 is 0 Å². The van der Waals surface area contributed by atoms with E-state index in [0.29, 0.717) is 22.7 Å². The summed E-state index contributed by atoms with van der Waals surface area (Å²) in [4.78, 5) is 22.7. The first-order valence-corrected chi connectivity index (χ1v) is 7.12. The van der Waals surface area contributed by atoms with Gasteiger partial charge in [-0.2, -0.15) is 0 Å². The lowest BCUT2D eigenvalue weighted by atomic mass is 10.2. The minimum atomic E-state index is -0.547. The van der Waals surface area contributed by atoms with Crippen molar-refractivity contribution in [1.29, 1.82) is 0 Å². The number of aromatic hydroxyl groups is 1. The third-order valence-electron chi connectivity index (χ3n) is 3.01. The average Bonchev–Trinajstić information content (AvgIpc) is 2.55. The lowest BCUT2D eigenvalue weighted by Crippen LogP contribution is -2.06. The molecule has 24 heavy (non-hydrogen) atoms. The van der Waals surface area contributed by atoms with Crippen LogP contribution in [0.4, 0.5) is 5.69 Å². The van der Waals surface area contributed by atoms with Crippen LogP contribution in [0, 0.1) is 0 Å². The lowest BCUT2D eigenvalue weighted by molar-refractivity contribution is -0.128. The molecule has 0 saturated heterocycles. The van der Waals surface area contributed by atoms with Crippen LogP contribution in [-0.4, -0.2) is 24.1 Å². The van der Waals surface area contributed by atoms with Gasteiger partial charge in [-0.05, 0) is 48.0 Å². The molecule has 0 aliphatic rings. The van der Waals surface area contributed by atoms with Gasteiger partial charge in [-0.1, -0.05) is 6.07 Å². The third kappa shape index (κ3) is 4.88. The fourth-order valence-electron chi connectivity index (χ4n) is 1.92. The minimum Gasteiger partial charge on any atom is -0.504 e. The summed E-state index contributed by atoms with van der Waals surface area (Å²) in [5.74, 6) is -0.0149. The van der Waals surface area contributed by atoms with Crippen LogP contribution in [0.15, 0.2) is 48.5 Å². The molecule has 0 aliphatic carbocycles. The van der Waals surface area contributed by atoms with Crippen molar-refractivity contribution in [3.8, 4) is 17.2 Å². The molecule has 2 aromatic rings. The number of hydrogen-bond acceptors (Lipinski definition) is 5. The van der Waals surface area contributed by atoms with E-state index in [-0.39, 0.29) is 11.7 Å². The number of anilines is 1. The molecule has 0 aliphatic heterocycles. The predicted octanol–water partition coefficient (Wildman–Crippen LogP) is 2.98. The number of amides is 1. The second-order valence-electron chi connectivity index (χ2n) is 4.89. The Morgan fingerprint density at radius 1 is 1.12 bits per heavy atom. The molecule has 124 valence electrons. The summed E-state index contributed by atoms with van der Waals surface area (Å²) < 4.78 is 10.2. The van der Waals surface area contributed by atoms with Crippen LogP contribution in [0.5, 0.6) is 17.2 Å². The molecule has 6 nitrogen and oxygen atoms in total. The van der Waals surface area contributed by atoms with E-state index < -0.39 is 5.97 Å². The predicted molar refractivity (Wildman–Crippen MR) is 90.1 cm³/mol. The highest BCUT2D eigenvalue weighted by atomic mass is 16.5. The Bertz CT molecular complexity index is 765. The number of rotatable bonds is 5. The molecule has 2 N–H and O–H groups in total. The number of carbonyl (C=O) groups is 2. The summed E-state index contributed by atoms with van der Waals surface area (Å²) in [6.07, 6.45) is 2.82. The van der Waals surface area contributed by atoms with Crippen molar-refractivity contribution in [1.82, 2.24) is 0 Å². The molecule has 0 saturated carbocycles. The molecule has 0 aromatic heterocycles. The van der Waals surface area contributed by atoms with E-state index in [0.717, 1.165) is 0 Å². The Hall–Kier alpha value is -3.28. The normalized spacial score (nSPS) is 10.4. The van der Waals surface area contributed by atoms with Gasteiger partial charge in [0, 0.05) is 18.7 Å². The van der Waals surface area contributed by atoms with E-state index in [9.17, 15) is 14.7 Å². The quantitative estimate of drug-likeness (QED) is 0.501. The maximum Gasteiger partial charge on any atom is 0.336 e. The molecule has 0 bridgehead atoms. The highest BCUT2D eigenvalue weighted by Gasteiger charge is 2.03. The fourth-order valence-corrected chi connectivity index (χ4v) is 1.92. The van der Waals surface area contributed by atoms with Crippen LogP contribution < -0.4 is 14.8 Å². The van der Waals surface area contributed by atoms with Crippen molar-refractivity contribution in [2.45, 2.75) is 6.92 Å². The number of phenols is 1. The van der Waals surface area contributed by atoms with E-state index in [1.807, 2.05) is 0 Å². The van der Waals surface area contributed by atoms with Crippen molar-refractivity contribution in [3.05, 3.63) is 54.1 Å². The molecular formula is C18H17NO5. The Balaban J connectivity index is 1.98. The molecule has 2 aromatic carbocycles. The molecule has 0 radical (unpaired) electrons. The number of carbonyl (C=O) groups excluding carboxylic acids is 2. The number of nitrogens with one attached hydrogen (secondary N) is 1. The lowest BCUT2D eigenvalue weighted by Gasteiger charge is -2.05. The van der Waals surface area contributed by atoms with Gasteiger partial charge in [0.25, 0.3) is 0 Å². The van der Waals surface area contributed by atoms with E-state index in [4.69, 9.17) is 9.47 Å². The van der Waals surface area contributed by atoms with Crippen LogP contribution in [0.25, 0.3) is 6.08 Å². The van der Waals surface area contributed by atoms with Gasteiger partial charge < -0.3 is 19.9 Å². The Morgan fingerprint density at radius 3 is 2.46 bits per heavy atom. The maximum absolute atomic E-state index is 11.8. The summed E-state index contributed by atoms with van der Waals surface area (Å²) in [7, 11) is 1.45. The summed E-state index contributed by atoms with van der Waals surface area (Å²) in [6.45, 7) is 1.41. The van der Waals surface area contributed by atoms with Crippen molar-refractivity contribution in [3.63, 3.8) is 0 Å². The number of phenolic OH excluding ortho intramolecular Hbond substituents is 1. The molecule has 2 rings (SSSR count). The van der Waals surface area contributed by atoms with Crippen molar-refractivity contribution < 1.29 is 24.2 Å². The van der Waals surface area contributed by atoms with Crippen LogP contribution in [0.2, 0.25) is 0 Å². The number of ether oxygens (including phenoxy) is 2. The Kier molecular flexibility index (Phi) is 5.57. The van der Waals surface area contributed by atoms with E-state index in [2.05, 4.69) is 5.32 Å². The first-order chi connectivity index (χ1) is 11.5. The van der Waals surface area contributed by atoms with Gasteiger partial charge in [-0.25, -0.2) is 4.79 Å². The topological polar surface area (TPSA) is 84.9 Å². The van der Waals surface area contributed by atoms with Gasteiger partial charge in [0.1, 0.15) is 5.75 Å². The van der Waals surface area contributed by atoms with Gasteiger partial charge in [0.05, 0.1) is 7.11 Å². The van der Waals surface area contributed by atoms with Crippen molar-refractivity contribution in [2.24, 2.45) is 0 Å². The summed E-state index contributed by atoms with van der Waals surface area (Å²) in [5, 5.41) is 12.1. The third-order valence-corrected chi connectivity index (χ3v) is 3.01. The zero-order valence-electron chi connectivity index (χ0n) is 13.3. The summed E-state index contributed by atoms with van der Waals surface area (Å²) in [6, 6.07) is 11.2. The van der Waals surface area contributed by atoms with Gasteiger partial charge >= 0.3 is 5.97 Å². The fraction of sp³-hybridized carbons (Fsp3) is 0.111. The first kappa shape index (κ1) is 17.1. The van der Waals surface area contributed by atoms with Crippen molar-refractivity contribution in [2.75, 3.05) is 12.4 Å². The zero-order valence-corrected chi connectivity index (χ0v) is 13.3. The molecule has 0 atom stereocenters. The monoisotopic (exact) mass is 327 g/mol. The standard InChI is InChI=1S/C18H17NO5/c1-12(20)19-14-5-7-15(8-6-14)24-18(22)10-4-13-3-9-16(21)17(11-13)23-2/h3-11,21H,1-2H3,(H,19,20). The second kappa shape index (κ2) is 7.82. The number of methoxy groups -OCH3 is 1. The molecule has 0 spiro atoms. The number of esters is 1.